The van der Waals surface area contributed by atoms with Crippen LogP contribution >= 0.6 is 0 Å². The Labute approximate surface area is 87.5 Å². The average molecular weight is 207 g/mol. The zero-order valence-corrected chi connectivity index (χ0v) is 8.26. The largest absolute Gasteiger partial charge is 0.397 e. The molecule has 0 spiro atoms. The van der Waals surface area contributed by atoms with Crippen LogP contribution in [-0.4, -0.2) is 40.1 Å². The lowest BCUT2D eigenvalue weighted by Crippen LogP contribution is -2.30. The average Bonchev–Trinajstić information content (AvgIpc) is 2.65. The maximum atomic E-state index is 11.9. The number of likely N-dealkylation sites (tertiary alicyclic amines) is 1. The Kier molecular flexibility index (Phi) is 2.55. The molecule has 1 aromatic rings. The van der Waals surface area contributed by atoms with Crippen molar-refractivity contribution < 1.29 is 9.90 Å². The van der Waals surface area contributed by atoms with Crippen LogP contribution in [0.1, 0.15) is 16.9 Å². The number of hydrogen-bond donors (Lipinski definition) is 2. The molecule has 5 heteroatoms. The van der Waals surface area contributed by atoms with E-state index in [9.17, 15) is 9.90 Å². The number of aliphatic hydroxyl groups excluding tert-OH is 1. The van der Waals surface area contributed by atoms with Crippen molar-refractivity contribution in [3.05, 3.63) is 24.0 Å². The van der Waals surface area contributed by atoms with Crippen LogP contribution in [-0.2, 0) is 0 Å². The number of aromatic nitrogens is 1. The van der Waals surface area contributed by atoms with Gasteiger partial charge < -0.3 is 15.7 Å². The number of amides is 1. The summed E-state index contributed by atoms with van der Waals surface area (Å²) in [6.07, 6.45) is 1.74. The van der Waals surface area contributed by atoms with Gasteiger partial charge >= 0.3 is 0 Å². The first kappa shape index (κ1) is 9.92. The topological polar surface area (TPSA) is 79.5 Å². The van der Waals surface area contributed by atoms with Crippen LogP contribution in [0.25, 0.3) is 0 Å². The van der Waals surface area contributed by atoms with Gasteiger partial charge in [0.15, 0.2) is 5.69 Å². The molecule has 5 nitrogen and oxygen atoms in total. The molecular formula is C10H13N3O2. The van der Waals surface area contributed by atoms with E-state index in [4.69, 9.17) is 5.73 Å². The standard InChI is InChI=1S/C10H13N3O2/c11-8-2-1-4-12-9(8)10(15)13-5-3-7(14)6-13/h1-2,4,7,14H,3,5-6,11H2. The number of pyridine rings is 1. The van der Waals surface area contributed by atoms with Gasteiger partial charge in [0.1, 0.15) is 0 Å². The van der Waals surface area contributed by atoms with Gasteiger partial charge in [-0.2, -0.15) is 0 Å². The van der Waals surface area contributed by atoms with E-state index in [1.807, 2.05) is 0 Å². The smallest absolute Gasteiger partial charge is 0.274 e. The molecule has 0 aromatic carbocycles. The van der Waals surface area contributed by atoms with E-state index < -0.39 is 6.10 Å². The van der Waals surface area contributed by atoms with E-state index in [-0.39, 0.29) is 11.6 Å². The number of nitrogen functional groups attached to an aromatic ring is 1. The second-order valence-electron chi connectivity index (χ2n) is 3.63. The van der Waals surface area contributed by atoms with Crippen molar-refractivity contribution in [2.45, 2.75) is 12.5 Å². The quantitative estimate of drug-likeness (QED) is 0.672. The monoisotopic (exact) mass is 207 g/mol. The Morgan fingerprint density at radius 2 is 2.47 bits per heavy atom. The van der Waals surface area contributed by atoms with Crippen molar-refractivity contribution in [1.82, 2.24) is 9.88 Å². The van der Waals surface area contributed by atoms with Gasteiger partial charge in [-0.05, 0) is 18.6 Å². The predicted molar refractivity (Wildman–Crippen MR) is 55.2 cm³/mol. The summed E-state index contributed by atoms with van der Waals surface area (Å²) in [5, 5.41) is 9.32. The summed E-state index contributed by atoms with van der Waals surface area (Å²) in [7, 11) is 0. The predicted octanol–water partition coefficient (Wildman–Crippen LogP) is -0.129. The minimum atomic E-state index is -0.418. The lowest BCUT2D eigenvalue weighted by Gasteiger charge is -2.15. The van der Waals surface area contributed by atoms with Gasteiger partial charge in [-0.15, -0.1) is 0 Å². The van der Waals surface area contributed by atoms with Crippen LogP contribution < -0.4 is 5.73 Å². The van der Waals surface area contributed by atoms with E-state index in [0.29, 0.717) is 25.2 Å². The van der Waals surface area contributed by atoms with E-state index >= 15 is 0 Å². The highest BCUT2D eigenvalue weighted by Gasteiger charge is 2.26. The first-order chi connectivity index (χ1) is 7.18. The van der Waals surface area contributed by atoms with Crippen LogP contribution in [0.4, 0.5) is 5.69 Å². The van der Waals surface area contributed by atoms with Crippen molar-refractivity contribution in [3.8, 4) is 0 Å². The molecule has 1 atom stereocenters. The van der Waals surface area contributed by atoms with Gasteiger partial charge in [0, 0.05) is 19.3 Å². The Morgan fingerprint density at radius 1 is 1.67 bits per heavy atom. The number of hydrogen-bond acceptors (Lipinski definition) is 4. The molecular weight excluding hydrogens is 194 g/mol. The summed E-state index contributed by atoms with van der Waals surface area (Å²) in [6.45, 7) is 0.935. The van der Waals surface area contributed by atoms with Crippen molar-refractivity contribution >= 4 is 11.6 Å². The lowest BCUT2D eigenvalue weighted by atomic mass is 10.3. The van der Waals surface area contributed by atoms with Crippen molar-refractivity contribution in [2.75, 3.05) is 18.8 Å². The van der Waals surface area contributed by atoms with Crippen LogP contribution in [0.15, 0.2) is 18.3 Å². The summed E-state index contributed by atoms with van der Waals surface area (Å²) in [5.41, 5.74) is 6.30. The van der Waals surface area contributed by atoms with Crippen LogP contribution in [0, 0.1) is 0 Å². The van der Waals surface area contributed by atoms with E-state index in [1.165, 1.54) is 6.20 Å². The van der Waals surface area contributed by atoms with E-state index in [2.05, 4.69) is 4.98 Å². The zero-order valence-electron chi connectivity index (χ0n) is 8.26. The Hall–Kier alpha value is -1.62. The Balaban J connectivity index is 2.18. The fraction of sp³-hybridized carbons (Fsp3) is 0.400. The third-order valence-electron chi connectivity index (χ3n) is 2.49. The molecule has 1 fully saturated rings. The molecule has 80 valence electrons. The summed E-state index contributed by atoms with van der Waals surface area (Å²) in [4.78, 5) is 17.4. The van der Waals surface area contributed by atoms with Crippen LogP contribution in [0.3, 0.4) is 0 Å². The summed E-state index contributed by atoms with van der Waals surface area (Å²) in [5.74, 6) is -0.204. The summed E-state index contributed by atoms with van der Waals surface area (Å²) < 4.78 is 0. The third kappa shape index (κ3) is 1.92. The molecule has 15 heavy (non-hydrogen) atoms. The molecule has 3 N–H and O–H groups in total. The summed E-state index contributed by atoms with van der Waals surface area (Å²) >= 11 is 0. The minimum Gasteiger partial charge on any atom is -0.397 e. The number of anilines is 1. The molecule has 1 aromatic heterocycles. The molecule has 2 heterocycles. The highest BCUT2D eigenvalue weighted by atomic mass is 16.3. The molecule has 1 aliphatic heterocycles. The van der Waals surface area contributed by atoms with Crippen molar-refractivity contribution in [1.29, 1.82) is 0 Å². The molecule has 1 aliphatic rings. The number of nitrogens with zero attached hydrogens (tertiary/aromatic N) is 2. The van der Waals surface area contributed by atoms with Gasteiger partial charge in [-0.3, -0.25) is 4.79 Å². The number of nitrogens with two attached hydrogens (primary N) is 1. The molecule has 1 amide bonds. The van der Waals surface area contributed by atoms with Gasteiger partial charge in [-0.1, -0.05) is 0 Å². The Bertz CT molecular complexity index is 381. The maximum Gasteiger partial charge on any atom is 0.274 e. The van der Waals surface area contributed by atoms with Gasteiger partial charge in [0.05, 0.1) is 11.8 Å². The molecule has 1 unspecified atom stereocenters. The highest BCUT2D eigenvalue weighted by Crippen LogP contribution is 2.15. The lowest BCUT2D eigenvalue weighted by molar-refractivity contribution is 0.0760. The van der Waals surface area contributed by atoms with Gasteiger partial charge in [0.2, 0.25) is 0 Å². The normalized spacial score (nSPS) is 20.6. The number of carbonyl (C=O) groups excluding carboxylic acids is 1. The summed E-state index contributed by atoms with van der Waals surface area (Å²) in [6, 6.07) is 3.33. The second-order valence-corrected chi connectivity index (χ2v) is 3.63. The molecule has 0 bridgehead atoms. The Morgan fingerprint density at radius 3 is 3.07 bits per heavy atom. The van der Waals surface area contributed by atoms with Crippen LogP contribution in [0.5, 0.6) is 0 Å². The molecule has 0 saturated carbocycles. The SMILES string of the molecule is Nc1cccnc1C(=O)N1CCC(O)C1. The van der Waals surface area contributed by atoms with E-state index in [1.54, 1.807) is 17.0 Å². The first-order valence-corrected chi connectivity index (χ1v) is 4.86. The zero-order chi connectivity index (χ0) is 10.8. The highest BCUT2D eigenvalue weighted by molar-refractivity contribution is 5.97. The van der Waals surface area contributed by atoms with Gasteiger partial charge in [-0.25, -0.2) is 4.98 Å². The second kappa shape index (κ2) is 3.86. The fourth-order valence-corrected chi connectivity index (χ4v) is 1.67. The first-order valence-electron chi connectivity index (χ1n) is 4.86. The minimum absolute atomic E-state index is 0.204. The van der Waals surface area contributed by atoms with Crippen LogP contribution in [0.2, 0.25) is 0 Å². The van der Waals surface area contributed by atoms with E-state index in [0.717, 1.165) is 0 Å². The van der Waals surface area contributed by atoms with Crippen molar-refractivity contribution in [2.24, 2.45) is 0 Å². The number of carbonyl (C=O) groups is 1. The number of β-amino-alcohol motifs (C(OH)–C–C–N with tert-alkyl or cyclic N) is 1. The fourth-order valence-electron chi connectivity index (χ4n) is 1.67. The number of aliphatic hydroxyl groups is 1. The molecule has 0 radical (unpaired) electrons. The molecule has 1 saturated heterocycles. The molecule has 0 aliphatic carbocycles. The van der Waals surface area contributed by atoms with Crippen molar-refractivity contribution in [3.63, 3.8) is 0 Å². The van der Waals surface area contributed by atoms with Gasteiger partial charge in [0.25, 0.3) is 5.91 Å². The number of rotatable bonds is 1. The third-order valence-corrected chi connectivity index (χ3v) is 2.49. The maximum absolute atomic E-state index is 11.9. The molecule has 2 rings (SSSR count).